The maximum Gasteiger partial charge on any atom is 0.0949 e. The van der Waals surface area contributed by atoms with Crippen molar-refractivity contribution in [3.05, 3.63) is 18.7 Å². The van der Waals surface area contributed by atoms with Crippen LogP contribution in [0.5, 0.6) is 0 Å². The second kappa shape index (κ2) is 4.93. The van der Waals surface area contributed by atoms with Gasteiger partial charge in [-0.2, -0.15) is 0 Å². The zero-order valence-electron chi connectivity index (χ0n) is 9.34. The Balaban J connectivity index is 2.72. The first kappa shape index (κ1) is 11.7. The molecule has 0 saturated heterocycles. The summed E-state index contributed by atoms with van der Waals surface area (Å²) in [6, 6.07) is 0. The van der Waals surface area contributed by atoms with Crippen LogP contribution in [0.2, 0.25) is 0 Å². The number of aromatic nitrogens is 2. The minimum atomic E-state index is -0.284. The van der Waals surface area contributed by atoms with Gasteiger partial charge in [-0.3, -0.25) is 0 Å². The smallest absolute Gasteiger partial charge is 0.0949 e. The minimum Gasteiger partial charge on any atom is -0.411 e. The number of nitrogens with zero attached hydrogens (tertiary/aromatic N) is 3. The van der Waals surface area contributed by atoms with Crippen LogP contribution in [0, 0.1) is 5.41 Å². The molecule has 0 saturated carbocycles. The van der Waals surface area contributed by atoms with E-state index in [9.17, 15) is 0 Å². The quantitative estimate of drug-likeness (QED) is 0.455. The monoisotopic (exact) mass is 211 g/mol. The Morgan fingerprint density at radius 1 is 1.60 bits per heavy atom. The number of methoxy groups -OCH3 is 1. The van der Waals surface area contributed by atoms with Gasteiger partial charge in [0.1, 0.15) is 0 Å². The van der Waals surface area contributed by atoms with Crippen molar-refractivity contribution in [2.45, 2.75) is 20.4 Å². The average molecular weight is 211 g/mol. The van der Waals surface area contributed by atoms with Gasteiger partial charge in [-0.15, -0.1) is 0 Å². The molecule has 0 fully saturated rings. The van der Waals surface area contributed by atoms with Crippen LogP contribution in [-0.2, 0) is 11.3 Å². The topological polar surface area (TPSA) is 59.6 Å². The van der Waals surface area contributed by atoms with E-state index in [2.05, 4.69) is 10.1 Å². The largest absolute Gasteiger partial charge is 0.411 e. The molecule has 1 aromatic heterocycles. The third-order valence-electron chi connectivity index (χ3n) is 2.30. The molecule has 1 heterocycles. The second-order valence-corrected chi connectivity index (χ2v) is 4.10. The molecule has 84 valence electrons. The summed E-state index contributed by atoms with van der Waals surface area (Å²) in [6.45, 7) is 4.99. The highest BCUT2D eigenvalue weighted by Gasteiger charge is 2.25. The fourth-order valence-electron chi connectivity index (χ4n) is 1.38. The minimum absolute atomic E-state index is 0.284. The molecule has 1 N–H and O–H groups in total. The molecule has 0 aliphatic heterocycles. The van der Waals surface area contributed by atoms with Crippen LogP contribution in [0.4, 0.5) is 0 Å². The van der Waals surface area contributed by atoms with Crippen LogP contribution in [0.15, 0.2) is 23.9 Å². The standard InChI is InChI=1S/C10H17N3O2/c1-10(2,7-15-3)9(12-14)6-13-5-4-11-8-13/h4-5,8,14H,6-7H2,1-3H3/b12-9-. The summed E-state index contributed by atoms with van der Waals surface area (Å²) < 4.78 is 6.95. The van der Waals surface area contributed by atoms with Crippen LogP contribution in [0.3, 0.4) is 0 Å². The summed E-state index contributed by atoms with van der Waals surface area (Å²) in [5, 5.41) is 12.3. The maximum absolute atomic E-state index is 8.99. The summed E-state index contributed by atoms with van der Waals surface area (Å²) in [5.41, 5.74) is 0.385. The Kier molecular flexibility index (Phi) is 3.85. The van der Waals surface area contributed by atoms with E-state index in [1.807, 2.05) is 24.6 Å². The summed E-state index contributed by atoms with van der Waals surface area (Å²) in [5.74, 6) is 0. The van der Waals surface area contributed by atoms with Crippen LogP contribution in [-0.4, -0.2) is 34.2 Å². The Labute approximate surface area is 89.4 Å². The molecule has 5 heteroatoms. The number of hydrogen-bond donors (Lipinski definition) is 1. The highest BCUT2D eigenvalue weighted by molar-refractivity contribution is 5.89. The molecule has 0 bridgehead atoms. The van der Waals surface area contributed by atoms with Crippen molar-refractivity contribution in [3.8, 4) is 0 Å². The SMILES string of the molecule is COCC(C)(C)/C(Cn1ccnc1)=N\O. The molecular weight excluding hydrogens is 194 g/mol. The second-order valence-electron chi connectivity index (χ2n) is 4.10. The summed E-state index contributed by atoms with van der Waals surface area (Å²) in [7, 11) is 1.63. The molecule has 1 rings (SSSR count). The van der Waals surface area contributed by atoms with Gasteiger partial charge in [-0.05, 0) is 0 Å². The van der Waals surface area contributed by atoms with Gasteiger partial charge in [-0.25, -0.2) is 4.98 Å². The first-order chi connectivity index (χ1) is 7.10. The predicted molar refractivity (Wildman–Crippen MR) is 57.1 cm³/mol. The zero-order chi connectivity index (χ0) is 11.3. The first-order valence-corrected chi connectivity index (χ1v) is 4.76. The van der Waals surface area contributed by atoms with Gasteiger partial charge in [0.25, 0.3) is 0 Å². The Morgan fingerprint density at radius 3 is 2.80 bits per heavy atom. The lowest BCUT2D eigenvalue weighted by molar-refractivity contribution is 0.138. The molecule has 0 aliphatic rings. The molecule has 0 amide bonds. The van der Waals surface area contributed by atoms with Crippen LogP contribution in [0.1, 0.15) is 13.8 Å². The molecule has 0 aliphatic carbocycles. The molecule has 0 aromatic carbocycles. The van der Waals surface area contributed by atoms with Crippen molar-refractivity contribution in [1.82, 2.24) is 9.55 Å². The van der Waals surface area contributed by atoms with E-state index in [1.54, 1.807) is 19.6 Å². The molecular formula is C10H17N3O2. The number of hydrogen-bond acceptors (Lipinski definition) is 4. The van der Waals surface area contributed by atoms with Crippen LogP contribution in [0.25, 0.3) is 0 Å². The molecule has 15 heavy (non-hydrogen) atoms. The molecule has 1 aromatic rings. The van der Waals surface area contributed by atoms with Crippen molar-refractivity contribution in [1.29, 1.82) is 0 Å². The number of rotatable bonds is 5. The van der Waals surface area contributed by atoms with Crippen molar-refractivity contribution in [3.63, 3.8) is 0 Å². The van der Waals surface area contributed by atoms with Crippen molar-refractivity contribution < 1.29 is 9.94 Å². The molecule has 0 unspecified atom stereocenters. The van der Waals surface area contributed by atoms with E-state index >= 15 is 0 Å². The van der Waals surface area contributed by atoms with E-state index in [-0.39, 0.29) is 5.41 Å². The number of imidazole rings is 1. The van der Waals surface area contributed by atoms with E-state index in [4.69, 9.17) is 9.94 Å². The van der Waals surface area contributed by atoms with Crippen LogP contribution < -0.4 is 0 Å². The molecule has 0 atom stereocenters. The highest BCUT2D eigenvalue weighted by Crippen LogP contribution is 2.19. The Hall–Kier alpha value is -1.36. The first-order valence-electron chi connectivity index (χ1n) is 4.76. The number of oxime groups is 1. The van der Waals surface area contributed by atoms with Gasteiger partial charge in [-0.1, -0.05) is 19.0 Å². The normalized spacial score (nSPS) is 13.1. The average Bonchev–Trinajstić information content (AvgIpc) is 2.66. The fraction of sp³-hybridized carbons (Fsp3) is 0.600. The van der Waals surface area contributed by atoms with Gasteiger partial charge in [0.05, 0.1) is 25.2 Å². The van der Waals surface area contributed by atoms with Gasteiger partial charge in [0.2, 0.25) is 0 Å². The van der Waals surface area contributed by atoms with Crippen LogP contribution >= 0.6 is 0 Å². The van der Waals surface area contributed by atoms with E-state index in [0.717, 1.165) is 0 Å². The Morgan fingerprint density at radius 2 is 2.33 bits per heavy atom. The third kappa shape index (κ3) is 3.06. The van der Waals surface area contributed by atoms with Crippen molar-refractivity contribution in [2.24, 2.45) is 10.6 Å². The lowest BCUT2D eigenvalue weighted by atomic mass is 9.88. The lowest BCUT2D eigenvalue weighted by Gasteiger charge is -2.24. The summed E-state index contributed by atoms with van der Waals surface area (Å²) in [4.78, 5) is 3.93. The van der Waals surface area contributed by atoms with Gasteiger partial charge in [0.15, 0.2) is 0 Å². The molecule has 0 radical (unpaired) electrons. The van der Waals surface area contributed by atoms with Gasteiger partial charge in [0, 0.05) is 24.9 Å². The zero-order valence-corrected chi connectivity index (χ0v) is 9.34. The van der Waals surface area contributed by atoms with E-state index in [0.29, 0.717) is 18.9 Å². The Bertz CT molecular complexity index is 317. The molecule has 5 nitrogen and oxygen atoms in total. The lowest BCUT2D eigenvalue weighted by Crippen LogP contribution is -2.32. The van der Waals surface area contributed by atoms with E-state index < -0.39 is 0 Å². The summed E-state index contributed by atoms with van der Waals surface area (Å²) in [6.07, 6.45) is 5.21. The number of ether oxygens (including phenoxy) is 1. The molecule has 0 spiro atoms. The summed E-state index contributed by atoms with van der Waals surface area (Å²) >= 11 is 0. The van der Waals surface area contributed by atoms with Gasteiger partial charge < -0.3 is 14.5 Å². The highest BCUT2D eigenvalue weighted by atomic mass is 16.5. The van der Waals surface area contributed by atoms with Crippen molar-refractivity contribution in [2.75, 3.05) is 13.7 Å². The van der Waals surface area contributed by atoms with E-state index in [1.165, 1.54) is 0 Å². The fourth-order valence-corrected chi connectivity index (χ4v) is 1.38. The third-order valence-corrected chi connectivity index (χ3v) is 2.30. The van der Waals surface area contributed by atoms with Gasteiger partial charge >= 0.3 is 0 Å². The maximum atomic E-state index is 8.99. The predicted octanol–water partition coefficient (Wildman–Crippen LogP) is 1.39. The van der Waals surface area contributed by atoms with Crippen molar-refractivity contribution >= 4 is 5.71 Å².